The van der Waals surface area contributed by atoms with Crippen LogP contribution in [0.2, 0.25) is 0 Å². The molecule has 2 nitrogen and oxygen atoms in total. The van der Waals surface area contributed by atoms with E-state index in [0.29, 0.717) is 0 Å². The van der Waals surface area contributed by atoms with Crippen LogP contribution in [0, 0.1) is 5.92 Å². The van der Waals surface area contributed by atoms with Crippen LogP contribution in [0.5, 0.6) is 11.5 Å². The quantitative estimate of drug-likeness (QED) is 0.372. The normalized spacial score (nSPS) is 14.8. The number of hydrogen-bond acceptors (Lipinski definition) is 2. The van der Waals surface area contributed by atoms with Gasteiger partial charge in [-0.3, -0.25) is 0 Å². The van der Waals surface area contributed by atoms with E-state index in [0.717, 1.165) is 37.1 Å². The Bertz CT molecular complexity index is 654. The minimum atomic E-state index is 0.743. The summed E-state index contributed by atoms with van der Waals surface area (Å²) >= 11 is 0. The second-order valence-electron chi connectivity index (χ2n) is 8.13. The maximum Gasteiger partial charge on any atom is 0.119 e. The monoisotopic (exact) mass is 380 g/mol. The Labute approximate surface area is 171 Å². The standard InChI is InChI=1S/C26H36O2/c1-2-3-4-5-9-20-27-25-16-12-23(13-17-25)24-14-18-26(19-15-24)28-21-22-10-7-6-8-11-22/h12-19,22H,2-11,20-21H2,1H3. The molecule has 28 heavy (non-hydrogen) atoms. The summed E-state index contributed by atoms with van der Waals surface area (Å²) in [4.78, 5) is 0. The van der Waals surface area contributed by atoms with Crippen molar-refractivity contribution in [3.8, 4) is 22.6 Å². The Morgan fingerprint density at radius 2 is 1.25 bits per heavy atom. The van der Waals surface area contributed by atoms with Crippen molar-refractivity contribution in [2.45, 2.75) is 71.1 Å². The highest BCUT2D eigenvalue weighted by atomic mass is 16.5. The molecule has 0 saturated heterocycles. The lowest BCUT2D eigenvalue weighted by Gasteiger charge is -2.21. The van der Waals surface area contributed by atoms with E-state index in [1.807, 2.05) is 0 Å². The number of ether oxygens (including phenoxy) is 2. The lowest BCUT2D eigenvalue weighted by molar-refractivity contribution is 0.209. The van der Waals surface area contributed by atoms with Gasteiger partial charge >= 0.3 is 0 Å². The van der Waals surface area contributed by atoms with Gasteiger partial charge in [-0.15, -0.1) is 0 Å². The largest absolute Gasteiger partial charge is 0.494 e. The lowest BCUT2D eigenvalue weighted by atomic mass is 9.90. The van der Waals surface area contributed by atoms with Crippen molar-refractivity contribution in [1.82, 2.24) is 0 Å². The van der Waals surface area contributed by atoms with Gasteiger partial charge < -0.3 is 9.47 Å². The third kappa shape index (κ3) is 6.89. The van der Waals surface area contributed by atoms with Crippen LogP contribution in [-0.2, 0) is 0 Å². The molecule has 0 unspecified atom stereocenters. The van der Waals surface area contributed by atoms with Gasteiger partial charge in [0.1, 0.15) is 11.5 Å². The smallest absolute Gasteiger partial charge is 0.119 e. The topological polar surface area (TPSA) is 18.5 Å². The number of benzene rings is 2. The van der Waals surface area contributed by atoms with Gasteiger partial charge in [-0.05, 0) is 60.6 Å². The molecule has 1 aliphatic rings. The molecule has 0 aliphatic heterocycles. The van der Waals surface area contributed by atoms with Gasteiger partial charge in [0.2, 0.25) is 0 Å². The average molecular weight is 381 g/mol. The molecule has 152 valence electrons. The Kier molecular flexibility index (Phi) is 8.74. The van der Waals surface area contributed by atoms with Crippen molar-refractivity contribution >= 4 is 0 Å². The number of unbranched alkanes of at least 4 members (excludes halogenated alkanes) is 4. The van der Waals surface area contributed by atoms with E-state index in [4.69, 9.17) is 9.47 Å². The fourth-order valence-corrected chi connectivity index (χ4v) is 3.95. The highest BCUT2D eigenvalue weighted by Crippen LogP contribution is 2.27. The Hall–Kier alpha value is -1.96. The molecule has 0 amide bonds. The maximum absolute atomic E-state index is 6.01. The predicted octanol–water partition coefficient (Wildman–Crippen LogP) is 7.66. The molecule has 3 rings (SSSR count). The molecule has 0 bridgehead atoms. The fourth-order valence-electron chi connectivity index (χ4n) is 3.95. The highest BCUT2D eigenvalue weighted by Gasteiger charge is 2.13. The summed E-state index contributed by atoms with van der Waals surface area (Å²) in [5, 5.41) is 0. The summed E-state index contributed by atoms with van der Waals surface area (Å²) in [6.07, 6.45) is 13.1. The van der Waals surface area contributed by atoms with Crippen molar-refractivity contribution in [3.63, 3.8) is 0 Å². The third-order valence-electron chi connectivity index (χ3n) is 5.77. The summed E-state index contributed by atoms with van der Waals surface area (Å²) < 4.78 is 11.9. The minimum absolute atomic E-state index is 0.743. The summed E-state index contributed by atoms with van der Waals surface area (Å²) in [6, 6.07) is 16.9. The lowest BCUT2D eigenvalue weighted by Crippen LogP contribution is -2.15. The molecule has 2 aromatic rings. The molecule has 2 aromatic carbocycles. The van der Waals surface area contributed by atoms with Gasteiger partial charge in [-0.25, -0.2) is 0 Å². The average Bonchev–Trinajstić information content (AvgIpc) is 2.76. The maximum atomic E-state index is 6.01. The molecule has 2 heteroatoms. The first-order chi connectivity index (χ1) is 13.8. The van der Waals surface area contributed by atoms with Crippen LogP contribution in [0.25, 0.3) is 11.1 Å². The number of hydrogen-bond donors (Lipinski definition) is 0. The van der Waals surface area contributed by atoms with Crippen LogP contribution in [0.4, 0.5) is 0 Å². The second kappa shape index (κ2) is 11.8. The van der Waals surface area contributed by atoms with Crippen molar-refractivity contribution < 1.29 is 9.47 Å². The van der Waals surface area contributed by atoms with E-state index >= 15 is 0 Å². The Morgan fingerprint density at radius 3 is 1.86 bits per heavy atom. The summed E-state index contributed by atoms with van der Waals surface area (Å²) in [5.41, 5.74) is 2.44. The van der Waals surface area contributed by atoms with Crippen LogP contribution < -0.4 is 9.47 Å². The van der Waals surface area contributed by atoms with E-state index in [1.54, 1.807) is 0 Å². The zero-order valence-electron chi connectivity index (χ0n) is 17.5. The number of rotatable bonds is 11. The molecule has 0 heterocycles. The van der Waals surface area contributed by atoms with E-state index in [1.165, 1.54) is 68.9 Å². The van der Waals surface area contributed by atoms with Crippen LogP contribution >= 0.6 is 0 Å². The first kappa shape index (κ1) is 20.8. The highest BCUT2D eigenvalue weighted by molar-refractivity contribution is 5.64. The minimum Gasteiger partial charge on any atom is -0.494 e. The Morgan fingerprint density at radius 1 is 0.679 bits per heavy atom. The summed E-state index contributed by atoms with van der Waals surface area (Å²) in [7, 11) is 0. The summed E-state index contributed by atoms with van der Waals surface area (Å²) in [6.45, 7) is 3.93. The molecule has 0 spiro atoms. The van der Waals surface area contributed by atoms with E-state index in [2.05, 4.69) is 55.5 Å². The second-order valence-corrected chi connectivity index (χ2v) is 8.13. The zero-order valence-corrected chi connectivity index (χ0v) is 17.5. The molecule has 1 saturated carbocycles. The molecular weight excluding hydrogens is 344 g/mol. The van der Waals surface area contributed by atoms with Gasteiger partial charge in [-0.2, -0.15) is 0 Å². The van der Waals surface area contributed by atoms with Crippen LogP contribution in [-0.4, -0.2) is 13.2 Å². The SMILES string of the molecule is CCCCCCCOc1ccc(-c2ccc(OCC3CCCCC3)cc2)cc1. The van der Waals surface area contributed by atoms with Gasteiger partial charge in [-0.1, -0.05) is 76.1 Å². The molecule has 0 atom stereocenters. The van der Waals surface area contributed by atoms with E-state index < -0.39 is 0 Å². The third-order valence-corrected chi connectivity index (χ3v) is 5.77. The Balaban J connectivity index is 1.43. The molecular formula is C26H36O2. The van der Waals surface area contributed by atoms with Crippen LogP contribution in [0.3, 0.4) is 0 Å². The van der Waals surface area contributed by atoms with Crippen molar-refractivity contribution in [3.05, 3.63) is 48.5 Å². The van der Waals surface area contributed by atoms with Crippen LogP contribution in [0.1, 0.15) is 71.1 Å². The van der Waals surface area contributed by atoms with Crippen LogP contribution in [0.15, 0.2) is 48.5 Å². The predicted molar refractivity (Wildman–Crippen MR) is 118 cm³/mol. The van der Waals surface area contributed by atoms with Crippen molar-refractivity contribution in [1.29, 1.82) is 0 Å². The van der Waals surface area contributed by atoms with Crippen molar-refractivity contribution in [2.24, 2.45) is 5.92 Å². The molecule has 0 N–H and O–H groups in total. The molecule has 0 aromatic heterocycles. The molecule has 1 fully saturated rings. The fraction of sp³-hybridized carbons (Fsp3) is 0.538. The van der Waals surface area contributed by atoms with Crippen molar-refractivity contribution in [2.75, 3.05) is 13.2 Å². The van der Waals surface area contributed by atoms with Gasteiger partial charge in [0.15, 0.2) is 0 Å². The van der Waals surface area contributed by atoms with Gasteiger partial charge in [0.05, 0.1) is 13.2 Å². The summed E-state index contributed by atoms with van der Waals surface area (Å²) in [5.74, 6) is 2.69. The van der Waals surface area contributed by atoms with Gasteiger partial charge in [0, 0.05) is 0 Å². The van der Waals surface area contributed by atoms with E-state index in [9.17, 15) is 0 Å². The van der Waals surface area contributed by atoms with E-state index in [-0.39, 0.29) is 0 Å². The van der Waals surface area contributed by atoms with Gasteiger partial charge in [0.25, 0.3) is 0 Å². The first-order valence-electron chi connectivity index (χ1n) is 11.3. The molecule has 0 radical (unpaired) electrons. The zero-order chi connectivity index (χ0) is 19.4. The first-order valence-corrected chi connectivity index (χ1v) is 11.3. The molecule has 1 aliphatic carbocycles.